The molecule has 5 heteroatoms. The highest BCUT2D eigenvalue weighted by Gasteiger charge is 2.31. The standard InChI is InChI=1S/C6H9N3O2/c10-6-5(4-11-8-6)9-3-1-2-7-9/h1-2,5,7H,3-4H2,(H,8,10). The Bertz CT molecular complexity index is 196. The Morgan fingerprint density at radius 2 is 2.64 bits per heavy atom. The van der Waals surface area contributed by atoms with Gasteiger partial charge in [0, 0.05) is 12.7 Å². The van der Waals surface area contributed by atoms with Gasteiger partial charge in [0.2, 0.25) is 0 Å². The van der Waals surface area contributed by atoms with Gasteiger partial charge in [-0.25, -0.2) is 10.5 Å². The molecule has 1 saturated heterocycles. The van der Waals surface area contributed by atoms with E-state index in [2.05, 4.69) is 10.9 Å². The normalized spacial score (nSPS) is 30.5. The van der Waals surface area contributed by atoms with Crippen LogP contribution >= 0.6 is 0 Å². The van der Waals surface area contributed by atoms with Gasteiger partial charge in [-0.3, -0.25) is 9.63 Å². The van der Waals surface area contributed by atoms with Crippen LogP contribution in [-0.4, -0.2) is 30.1 Å². The third-order valence-electron chi connectivity index (χ3n) is 1.75. The molecule has 0 radical (unpaired) electrons. The van der Waals surface area contributed by atoms with Crippen LogP contribution in [0.3, 0.4) is 0 Å². The van der Waals surface area contributed by atoms with E-state index < -0.39 is 0 Å². The number of hydrazine groups is 1. The van der Waals surface area contributed by atoms with E-state index in [0.717, 1.165) is 6.54 Å². The predicted octanol–water partition coefficient (Wildman–Crippen LogP) is -1.25. The Morgan fingerprint density at radius 3 is 3.18 bits per heavy atom. The molecule has 0 aromatic heterocycles. The first-order chi connectivity index (χ1) is 5.38. The van der Waals surface area contributed by atoms with Crippen molar-refractivity contribution in [1.82, 2.24) is 15.9 Å². The van der Waals surface area contributed by atoms with Crippen LogP contribution in [0.2, 0.25) is 0 Å². The number of hydrogen-bond donors (Lipinski definition) is 2. The molecule has 1 atom stereocenters. The predicted molar refractivity (Wildman–Crippen MR) is 36.9 cm³/mol. The number of rotatable bonds is 1. The maximum Gasteiger partial charge on any atom is 0.265 e. The minimum absolute atomic E-state index is 0.0822. The molecule has 2 aliphatic heterocycles. The highest BCUT2D eigenvalue weighted by molar-refractivity contribution is 5.82. The fourth-order valence-electron chi connectivity index (χ4n) is 1.15. The van der Waals surface area contributed by atoms with Crippen LogP contribution in [0.5, 0.6) is 0 Å². The van der Waals surface area contributed by atoms with Crippen molar-refractivity contribution in [3.05, 3.63) is 12.3 Å². The Balaban J connectivity index is 1.98. The molecule has 1 unspecified atom stereocenters. The summed E-state index contributed by atoms with van der Waals surface area (Å²) in [7, 11) is 0. The van der Waals surface area contributed by atoms with Crippen molar-refractivity contribution in [1.29, 1.82) is 0 Å². The lowest BCUT2D eigenvalue weighted by molar-refractivity contribution is -0.127. The van der Waals surface area contributed by atoms with E-state index in [-0.39, 0.29) is 11.9 Å². The summed E-state index contributed by atoms with van der Waals surface area (Å²) in [6.45, 7) is 1.16. The van der Waals surface area contributed by atoms with E-state index in [4.69, 9.17) is 4.84 Å². The fourth-order valence-corrected chi connectivity index (χ4v) is 1.15. The van der Waals surface area contributed by atoms with Crippen LogP contribution in [0, 0.1) is 0 Å². The maximum atomic E-state index is 11.0. The van der Waals surface area contributed by atoms with Crippen LogP contribution in [-0.2, 0) is 9.63 Å². The lowest BCUT2D eigenvalue weighted by Crippen LogP contribution is -2.45. The smallest absolute Gasteiger partial charge is 0.265 e. The Hall–Kier alpha value is -1.07. The summed E-state index contributed by atoms with van der Waals surface area (Å²) in [4.78, 5) is 15.8. The average Bonchev–Trinajstić information content (AvgIpc) is 2.55. The summed E-state index contributed by atoms with van der Waals surface area (Å²) >= 11 is 0. The van der Waals surface area contributed by atoms with Gasteiger partial charge in [0.1, 0.15) is 12.6 Å². The summed E-state index contributed by atoms with van der Waals surface area (Å²) in [6, 6.07) is -0.190. The van der Waals surface area contributed by atoms with Crippen molar-refractivity contribution in [3.63, 3.8) is 0 Å². The highest BCUT2D eigenvalue weighted by atomic mass is 16.7. The number of nitrogens with zero attached hydrogens (tertiary/aromatic N) is 1. The van der Waals surface area contributed by atoms with Gasteiger partial charge in [0.15, 0.2) is 0 Å². The zero-order valence-electron chi connectivity index (χ0n) is 5.91. The quantitative estimate of drug-likeness (QED) is 0.497. The lowest BCUT2D eigenvalue weighted by Gasteiger charge is -2.19. The third-order valence-corrected chi connectivity index (χ3v) is 1.75. The second-order valence-corrected chi connectivity index (χ2v) is 2.48. The first-order valence-corrected chi connectivity index (χ1v) is 3.47. The first-order valence-electron chi connectivity index (χ1n) is 3.47. The van der Waals surface area contributed by atoms with Crippen molar-refractivity contribution >= 4 is 5.91 Å². The molecule has 1 amide bonds. The van der Waals surface area contributed by atoms with E-state index >= 15 is 0 Å². The molecular formula is C6H9N3O2. The fraction of sp³-hybridized carbons (Fsp3) is 0.500. The molecule has 60 valence electrons. The number of amides is 1. The monoisotopic (exact) mass is 155 g/mol. The SMILES string of the molecule is O=C1NOCC1N1CC=CN1. The van der Waals surface area contributed by atoms with Crippen molar-refractivity contribution in [2.24, 2.45) is 0 Å². The molecule has 2 rings (SSSR count). The van der Waals surface area contributed by atoms with Crippen LogP contribution in [0.1, 0.15) is 0 Å². The molecule has 1 fully saturated rings. The lowest BCUT2D eigenvalue weighted by atomic mass is 10.3. The number of hydroxylamine groups is 1. The molecule has 0 aromatic carbocycles. The molecule has 0 aliphatic carbocycles. The number of carbonyl (C=O) groups is 1. The topological polar surface area (TPSA) is 53.6 Å². The Morgan fingerprint density at radius 1 is 1.73 bits per heavy atom. The highest BCUT2D eigenvalue weighted by Crippen LogP contribution is 2.05. The summed E-state index contributed by atoms with van der Waals surface area (Å²) in [5.41, 5.74) is 5.24. The molecule has 2 heterocycles. The zero-order valence-corrected chi connectivity index (χ0v) is 5.91. The molecule has 0 bridgehead atoms. The molecule has 2 N–H and O–H groups in total. The Labute approximate surface area is 63.9 Å². The van der Waals surface area contributed by atoms with Crippen molar-refractivity contribution < 1.29 is 9.63 Å². The summed E-state index contributed by atoms with van der Waals surface area (Å²) in [5, 5.41) is 1.82. The molecule has 2 aliphatic rings. The minimum atomic E-state index is -0.190. The first kappa shape index (κ1) is 6.63. The van der Waals surface area contributed by atoms with Gasteiger partial charge >= 0.3 is 0 Å². The minimum Gasteiger partial charge on any atom is -0.325 e. The summed E-state index contributed by atoms with van der Waals surface area (Å²) in [6.07, 6.45) is 3.76. The van der Waals surface area contributed by atoms with Gasteiger partial charge < -0.3 is 5.43 Å². The van der Waals surface area contributed by atoms with Crippen molar-refractivity contribution in [2.45, 2.75) is 6.04 Å². The van der Waals surface area contributed by atoms with E-state index in [1.54, 1.807) is 0 Å². The van der Waals surface area contributed by atoms with Gasteiger partial charge in [0.25, 0.3) is 5.91 Å². The number of carbonyl (C=O) groups excluding carboxylic acids is 1. The van der Waals surface area contributed by atoms with E-state index in [1.165, 1.54) is 0 Å². The van der Waals surface area contributed by atoms with Crippen molar-refractivity contribution in [3.8, 4) is 0 Å². The second kappa shape index (κ2) is 2.52. The summed E-state index contributed by atoms with van der Waals surface area (Å²) in [5.74, 6) is -0.0822. The molecule has 5 nitrogen and oxygen atoms in total. The van der Waals surface area contributed by atoms with Gasteiger partial charge in [0.05, 0.1) is 0 Å². The van der Waals surface area contributed by atoms with Gasteiger partial charge in [-0.15, -0.1) is 0 Å². The van der Waals surface area contributed by atoms with Crippen molar-refractivity contribution in [2.75, 3.05) is 13.2 Å². The Kier molecular flexibility index (Phi) is 1.52. The molecule has 0 spiro atoms. The van der Waals surface area contributed by atoms with Gasteiger partial charge in [-0.05, 0) is 0 Å². The maximum absolute atomic E-state index is 11.0. The van der Waals surface area contributed by atoms with Gasteiger partial charge in [-0.1, -0.05) is 6.08 Å². The second-order valence-electron chi connectivity index (χ2n) is 2.48. The van der Waals surface area contributed by atoms with E-state index in [9.17, 15) is 4.79 Å². The largest absolute Gasteiger partial charge is 0.325 e. The molecular weight excluding hydrogens is 146 g/mol. The summed E-state index contributed by atoms with van der Waals surface area (Å²) < 4.78 is 0. The van der Waals surface area contributed by atoms with Crippen LogP contribution in [0.15, 0.2) is 12.3 Å². The number of nitrogens with one attached hydrogen (secondary N) is 2. The number of hydrogen-bond acceptors (Lipinski definition) is 4. The molecule has 11 heavy (non-hydrogen) atoms. The molecule has 0 aromatic rings. The van der Waals surface area contributed by atoms with E-state index in [0.29, 0.717) is 6.61 Å². The van der Waals surface area contributed by atoms with E-state index in [1.807, 2.05) is 17.3 Å². The van der Waals surface area contributed by atoms with Gasteiger partial charge in [-0.2, -0.15) is 0 Å². The average molecular weight is 155 g/mol. The van der Waals surface area contributed by atoms with Crippen LogP contribution in [0.4, 0.5) is 0 Å². The van der Waals surface area contributed by atoms with Crippen LogP contribution in [0.25, 0.3) is 0 Å². The zero-order chi connectivity index (χ0) is 7.68. The van der Waals surface area contributed by atoms with Crippen LogP contribution < -0.4 is 10.9 Å². The molecule has 0 saturated carbocycles. The third kappa shape index (κ3) is 1.08.